The van der Waals surface area contributed by atoms with Gasteiger partial charge in [0.2, 0.25) is 17.7 Å². The van der Waals surface area contributed by atoms with Crippen LogP contribution in [0.3, 0.4) is 0 Å². The predicted molar refractivity (Wildman–Crippen MR) is 160 cm³/mol. The lowest BCUT2D eigenvalue weighted by Crippen LogP contribution is -2.56. The summed E-state index contributed by atoms with van der Waals surface area (Å²) in [7, 11) is 0. The van der Waals surface area contributed by atoms with Crippen molar-refractivity contribution >= 4 is 23.7 Å². The Morgan fingerprint density at radius 3 is 2.19 bits per heavy atom. The molecule has 1 aliphatic heterocycles. The number of carbonyl (C=O) groups is 3. The predicted octanol–water partition coefficient (Wildman–Crippen LogP) is -0.359. The molecule has 1 unspecified atom stereocenters. The quantitative estimate of drug-likeness (QED) is 0.0760. The number of carbonyl (C=O) groups excluding carboxylic acids is 3. The van der Waals surface area contributed by atoms with Crippen molar-refractivity contribution < 1.29 is 34.8 Å². The van der Waals surface area contributed by atoms with E-state index in [-0.39, 0.29) is 36.9 Å². The molecule has 2 aromatic carbocycles. The highest BCUT2D eigenvalue weighted by atomic mass is 16.3. The van der Waals surface area contributed by atoms with E-state index >= 15 is 0 Å². The van der Waals surface area contributed by atoms with Crippen molar-refractivity contribution in [1.82, 2.24) is 15.5 Å². The molecule has 0 radical (unpaired) electrons. The highest BCUT2D eigenvalue weighted by Gasteiger charge is 2.38. The second-order valence-electron chi connectivity index (χ2n) is 10.7. The van der Waals surface area contributed by atoms with Crippen molar-refractivity contribution in [2.45, 2.75) is 69.2 Å². The average Bonchev–Trinajstić information content (AvgIpc) is 3.48. The molecule has 0 bridgehead atoms. The summed E-state index contributed by atoms with van der Waals surface area (Å²) in [5.74, 6) is -1.48. The molecular formula is C30H42N6O7. The maximum absolute atomic E-state index is 13.8. The first-order valence-corrected chi connectivity index (χ1v) is 14.4. The van der Waals surface area contributed by atoms with Gasteiger partial charge >= 0.3 is 0 Å². The molecular weight excluding hydrogens is 556 g/mol. The lowest BCUT2D eigenvalue weighted by Gasteiger charge is -2.30. The molecule has 1 saturated heterocycles. The van der Waals surface area contributed by atoms with Crippen LogP contribution in [0.2, 0.25) is 0 Å². The number of aromatic hydroxyl groups is 2. The number of aliphatic hydroxyl groups is 2. The SMILES string of the molecule is NC(N)=NCCC[C@H](CO)NC(=O)[C@@H]1CCCN1C(=O)[C@@H](Cc1ccc(O)cc1)NC(=O)C(O)CCc1ccc(O)cc1. The molecule has 4 atom stereocenters. The second-order valence-corrected chi connectivity index (χ2v) is 10.7. The number of phenols is 2. The molecule has 3 amide bonds. The average molecular weight is 599 g/mol. The number of nitrogens with one attached hydrogen (secondary N) is 2. The molecule has 0 saturated carbocycles. The van der Waals surface area contributed by atoms with E-state index in [0.717, 1.165) is 5.56 Å². The molecule has 2 aromatic rings. The molecule has 0 aliphatic carbocycles. The lowest BCUT2D eigenvalue weighted by atomic mass is 10.0. The van der Waals surface area contributed by atoms with Crippen molar-refractivity contribution in [3.05, 3.63) is 59.7 Å². The zero-order valence-corrected chi connectivity index (χ0v) is 24.1. The number of hydrogen-bond acceptors (Lipinski definition) is 8. The van der Waals surface area contributed by atoms with E-state index < -0.39 is 42.0 Å². The summed E-state index contributed by atoms with van der Waals surface area (Å²) in [5, 5.41) is 45.0. The van der Waals surface area contributed by atoms with Crippen molar-refractivity contribution in [3.8, 4) is 11.5 Å². The van der Waals surface area contributed by atoms with E-state index in [2.05, 4.69) is 15.6 Å². The zero-order chi connectivity index (χ0) is 31.4. The number of nitrogens with zero attached hydrogens (tertiary/aromatic N) is 2. The van der Waals surface area contributed by atoms with E-state index in [9.17, 15) is 34.8 Å². The van der Waals surface area contributed by atoms with Gasteiger partial charge in [0.15, 0.2) is 5.96 Å². The van der Waals surface area contributed by atoms with Gasteiger partial charge in [-0.3, -0.25) is 19.4 Å². The van der Waals surface area contributed by atoms with Crippen molar-refractivity contribution in [2.24, 2.45) is 16.5 Å². The standard InChI is InChI=1S/C30H42N6O7/c31-30(32)33-15-1-3-21(18-37)34-27(41)25-4-2-16-36(25)29(43)24(17-20-7-12-23(39)13-8-20)35-28(42)26(40)14-9-19-5-10-22(38)11-6-19/h5-8,10-13,21,24-26,37-40H,1-4,9,14-18H2,(H,34,41)(H,35,42)(H4,31,32,33)/t21-,24-,25+,26?/m1/s1. The van der Waals surface area contributed by atoms with Crippen molar-refractivity contribution in [3.63, 3.8) is 0 Å². The third-order valence-electron chi connectivity index (χ3n) is 7.35. The van der Waals surface area contributed by atoms with E-state index in [1.807, 2.05) is 0 Å². The number of nitrogens with two attached hydrogens (primary N) is 2. The number of hydrogen-bond donors (Lipinski definition) is 8. The van der Waals surface area contributed by atoms with Gasteiger partial charge in [-0.15, -0.1) is 0 Å². The Bertz CT molecular complexity index is 1230. The summed E-state index contributed by atoms with van der Waals surface area (Å²) >= 11 is 0. The van der Waals surface area contributed by atoms with Crippen LogP contribution in [0.4, 0.5) is 0 Å². The smallest absolute Gasteiger partial charge is 0.249 e. The largest absolute Gasteiger partial charge is 0.508 e. The summed E-state index contributed by atoms with van der Waals surface area (Å²) in [5.41, 5.74) is 12.1. The highest BCUT2D eigenvalue weighted by molar-refractivity contribution is 5.93. The van der Waals surface area contributed by atoms with Crippen LogP contribution >= 0.6 is 0 Å². The summed E-state index contributed by atoms with van der Waals surface area (Å²) in [4.78, 5) is 45.4. The Hall–Kier alpha value is -4.36. The van der Waals surface area contributed by atoms with Gasteiger partial charge in [-0.05, 0) is 73.9 Å². The van der Waals surface area contributed by atoms with Gasteiger partial charge in [0.05, 0.1) is 12.6 Å². The molecule has 0 aromatic heterocycles. The van der Waals surface area contributed by atoms with Crippen LogP contribution in [0.1, 0.15) is 43.2 Å². The normalized spacial score (nSPS) is 16.6. The third-order valence-corrected chi connectivity index (χ3v) is 7.35. The summed E-state index contributed by atoms with van der Waals surface area (Å²) < 4.78 is 0. The molecule has 1 fully saturated rings. The van der Waals surface area contributed by atoms with Crippen LogP contribution in [-0.2, 0) is 27.2 Å². The number of aliphatic hydroxyl groups excluding tert-OH is 2. The minimum Gasteiger partial charge on any atom is -0.508 e. The highest BCUT2D eigenvalue weighted by Crippen LogP contribution is 2.21. The van der Waals surface area contributed by atoms with Gasteiger partial charge in [-0.2, -0.15) is 0 Å². The molecule has 43 heavy (non-hydrogen) atoms. The van der Waals surface area contributed by atoms with E-state index in [4.69, 9.17) is 11.5 Å². The van der Waals surface area contributed by atoms with Crippen LogP contribution in [-0.4, -0.2) is 92.9 Å². The van der Waals surface area contributed by atoms with E-state index in [1.165, 1.54) is 29.2 Å². The Balaban J connectivity index is 1.68. The van der Waals surface area contributed by atoms with Crippen LogP contribution in [0, 0.1) is 0 Å². The van der Waals surface area contributed by atoms with Gasteiger partial charge in [0.1, 0.15) is 29.7 Å². The summed E-state index contributed by atoms with van der Waals surface area (Å²) in [6.07, 6.45) is 1.10. The Kier molecular flexibility index (Phi) is 12.6. The fraction of sp³-hybridized carbons (Fsp3) is 0.467. The Morgan fingerprint density at radius 2 is 1.58 bits per heavy atom. The number of aryl methyl sites for hydroxylation is 1. The first kappa shape index (κ1) is 33.1. The van der Waals surface area contributed by atoms with Crippen LogP contribution in [0.25, 0.3) is 0 Å². The van der Waals surface area contributed by atoms with Crippen LogP contribution in [0.15, 0.2) is 53.5 Å². The maximum Gasteiger partial charge on any atom is 0.249 e. The monoisotopic (exact) mass is 598 g/mol. The number of phenolic OH excluding ortho intramolecular Hbond substituents is 2. The number of aliphatic imine (C=N–C) groups is 1. The van der Waals surface area contributed by atoms with E-state index in [1.54, 1.807) is 24.3 Å². The summed E-state index contributed by atoms with van der Waals surface area (Å²) in [6, 6.07) is 10.2. The first-order valence-electron chi connectivity index (χ1n) is 14.4. The molecule has 0 spiro atoms. The third kappa shape index (κ3) is 10.5. The fourth-order valence-corrected chi connectivity index (χ4v) is 4.99. The topological polar surface area (TPSA) is 224 Å². The van der Waals surface area contributed by atoms with Crippen LogP contribution in [0.5, 0.6) is 11.5 Å². The number of amides is 3. The molecule has 10 N–H and O–H groups in total. The molecule has 13 nitrogen and oxygen atoms in total. The minimum absolute atomic E-state index is 0.0384. The number of rotatable bonds is 15. The zero-order valence-electron chi connectivity index (χ0n) is 24.1. The van der Waals surface area contributed by atoms with E-state index in [0.29, 0.717) is 50.8 Å². The van der Waals surface area contributed by atoms with Gasteiger partial charge in [-0.25, -0.2) is 0 Å². The Labute approximate surface area is 250 Å². The first-order chi connectivity index (χ1) is 20.6. The molecule has 1 aliphatic rings. The minimum atomic E-state index is -1.40. The maximum atomic E-state index is 13.8. The number of benzene rings is 2. The van der Waals surface area contributed by atoms with Gasteiger partial charge in [0, 0.05) is 19.5 Å². The molecule has 1 heterocycles. The van der Waals surface area contributed by atoms with Gasteiger partial charge in [-0.1, -0.05) is 24.3 Å². The lowest BCUT2D eigenvalue weighted by molar-refractivity contribution is -0.142. The van der Waals surface area contributed by atoms with Gasteiger partial charge < -0.3 is 47.4 Å². The number of likely N-dealkylation sites (tertiary alicyclic amines) is 1. The number of guanidine groups is 1. The molecule has 3 rings (SSSR count). The summed E-state index contributed by atoms with van der Waals surface area (Å²) in [6.45, 7) is 0.356. The van der Waals surface area contributed by atoms with Crippen molar-refractivity contribution in [2.75, 3.05) is 19.7 Å². The fourth-order valence-electron chi connectivity index (χ4n) is 4.99. The van der Waals surface area contributed by atoms with Gasteiger partial charge in [0.25, 0.3) is 0 Å². The molecule has 13 heteroatoms. The second kappa shape index (κ2) is 16.3. The Morgan fingerprint density at radius 1 is 0.953 bits per heavy atom. The van der Waals surface area contributed by atoms with Crippen molar-refractivity contribution in [1.29, 1.82) is 0 Å². The molecule has 234 valence electrons. The van der Waals surface area contributed by atoms with Crippen LogP contribution < -0.4 is 22.1 Å².